The number of aromatic nitrogens is 2. The Morgan fingerprint density at radius 3 is 2.94 bits per heavy atom. The van der Waals surface area contributed by atoms with Gasteiger partial charge in [0.25, 0.3) is 0 Å². The topological polar surface area (TPSA) is 64.4 Å². The van der Waals surface area contributed by atoms with Gasteiger partial charge in [-0.2, -0.15) is 4.31 Å². The molecule has 0 aromatic carbocycles. The molecular weight excluding hydrogens is 254 g/mol. The smallest absolute Gasteiger partial charge is 0.217 e. The van der Waals surface area contributed by atoms with Crippen LogP contribution in [0.3, 0.4) is 0 Å². The van der Waals surface area contributed by atoms with Crippen LogP contribution in [0.25, 0.3) is 0 Å². The highest BCUT2D eigenvalue weighted by molar-refractivity contribution is 7.90. The highest BCUT2D eigenvalue weighted by Crippen LogP contribution is 2.34. The van der Waals surface area contributed by atoms with Gasteiger partial charge in [-0.15, -0.1) is 0 Å². The summed E-state index contributed by atoms with van der Waals surface area (Å²) in [5.74, 6) is 0. The quantitative estimate of drug-likeness (QED) is 0.794. The second kappa shape index (κ2) is 4.32. The molecule has 100 valence electrons. The molecule has 1 aromatic heterocycles. The SMILES string of the molecule is COC[C@@H]1CN(S(=O)(=O)C2CC2)Cc2cncn21. The zero-order valence-electron chi connectivity index (χ0n) is 10.3. The van der Waals surface area contributed by atoms with E-state index in [2.05, 4.69) is 4.98 Å². The maximum Gasteiger partial charge on any atom is 0.217 e. The molecule has 0 bridgehead atoms. The second-order valence-electron chi connectivity index (χ2n) is 4.94. The first-order chi connectivity index (χ1) is 8.63. The van der Waals surface area contributed by atoms with Crippen molar-refractivity contribution in [3.05, 3.63) is 18.2 Å². The standard InChI is InChI=1S/C11H17N3O3S/c1-17-7-10-6-13(18(15,16)11-2-3-11)5-9-4-12-8-14(9)10/h4,8,10-11H,2-3,5-7H2,1H3/t10-/m0/s1. The zero-order valence-corrected chi connectivity index (χ0v) is 11.1. The lowest BCUT2D eigenvalue weighted by atomic mass is 10.2. The summed E-state index contributed by atoms with van der Waals surface area (Å²) in [5, 5.41) is -0.157. The van der Waals surface area contributed by atoms with E-state index in [4.69, 9.17) is 4.74 Å². The Labute approximate surface area is 107 Å². The van der Waals surface area contributed by atoms with Gasteiger partial charge in [-0.05, 0) is 12.8 Å². The van der Waals surface area contributed by atoms with Gasteiger partial charge in [0.05, 0.1) is 36.5 Å². The fourth-order valence-corrected chi connectivity index (χ4v) is 4.29. The number of fused-ring (bicyclic) bond motifs is 1. The number of rotatable bonds is 4. The third-order valence-corrected chi connectivity index (χ3v) is 5.87. The van der Waals surface area contributed by atoms with Gasteiger partial charge in [-0.1, -0.05) is 0 Å². The maximum atomic E-state index is 12.3. The van der Waals surface area contributed by atoms with Crippen LogP contribution in [0.4, 0.5) is 0 Å². The van der Waals surface area contributed by atoms with Crippen LogP contribution in [0.2, 0.25) is 0 Å². The molecule has 1 aromatic rings. The summed E-state index contributed by atoms with van der Waals surface area (Å²) in [6.45, 7) is 1.41. The molecule has 1 aliphatic carbocycles. The third kappa shape index (κ3) is 1.96. The Kier molecular flexibility index (Phi) is 2.91. The van der Waals surface area contributed by atoms with Crippen LogP contribution in [0, 0.1) is 0 Å². The van der Waals surface area contributed by atoms with E-state index in [9.17, 15) is 8.42 Å². The molecule has 0 N–H and O–H groups in total. The van der Waals surface area contributed by atoms with E-state index < -0.39 is 10.0 Å². The van der Waals surface area contributed by atoms with Crippen LogP contribution in [0.5, 0.6) is 0 Å². The Morgan fingerprint density at radius 2 is 2.28 bits per heavy atom. The fraction of sp³-hybridized carbons (Fsp3) is 0.727. The molecule has 0 spiro atoms. The zero-order chi connectivity index (χ0) is 12.8. The summed E-state index contributed by atoms with van der Waals surface area (Å²) in [7, 11) is -1.49. The molecule has 1 aliphatic heterocycles. The normalized spacial score (nSPS) is 25.1. The van der Waals surface area contributed by atoms with Crippen molar-refractivity contribution in [3.8, 4) is 0 Å². The molecule has 18 heavy (non-hydrogen) atoms. The van der Waals surface area contributed by atoms with Crippen LogP contribution in [-0.2, 0) is 21.3 Å². The van der Waals surface area contributed by atoms with Crippen molar-refractivity contribution in [3.63, 3.8) is 0 Å². The van der Waals surface area contributed by atoms with Crippen LogP contribution in [0.1, 0.15) is 24.6 Å². The largest absolute Gasteiger partial charge is 0.382 e. The third-order valence-electron chi connectivity index (χ3n) is 3.56. The molecule has 2 heterocycles. The van der Waals surface area contributed by atoms with Crippen molar-refractivity contribution in [1.29, 1.82) is 0 Å². The number of hydrogen-bond donors (Lipinski definition) is 0. The Bertz CT molecular complexity index is 535. The summed E-state index contributed by atoms with van der Waals surface area (Å²) in [4.78, 5) is 4.10. The number of sulfonamides is 1. The van der Waals surface area contributed by atoms with Gasteiger partial charge in [0.15, 0.2) is 0 Å². The molecule has 1 saturated carbocycles. The molecule has 1 atom stereocenters. The number of nitrogens with zero attached hydrogens (tertiary/aromatic N) is 3. The van der Waals surface area contributed by atoms with E-state index >= 15 is 0 Å². The number of imidazole rings is 1. The lowest BCUT2D eigenvalue weighted by molar-refractivity contribution is 0.129. The van der Waals surface area contributed by atoms with E-state index in [-0.39, 0.29) is 11.3 Å². The van der Waals surface area contributed by atoms with Crippen molar-refractivity contribution in [2.45, 2.75) is 30.7 Å². The van der Waals surface area contributed by atoms with E-state index in [1.165, 1.54) is 0 Å². The van der Waals surface area contributed by atoms with E-state index in [1.807, 2.05) is 4.57 Å². The molecule has 0 unspecified atom stereocenters. The van der Waals surface area contributed by atoms with Gasteiger partial charge in [0, 0.05) is 19.9 Å². The van der Waals surface area contributed by atoms with E-state index in [0.29, 0.717) is 19.7 Å². The molecule has 0 amide bonds. The average Bonchev–Trinajstić information content (AvgIpc) is 3.09. The minimum absolute atomic E-state index is 0.0229. The number of ether oxygens (including phenoxy) is 1. The maximum absolute atomic E-state index is 12.3. The van der Waals surface area contributed by atoms with Gasteiger partial charge in [-0.3, -0.25) is 0 Å². The number of hydrogen-bond acceptors (Lipinski definition) is 4. The van der Waals surface area contributed by atoms with Gasteiger partial charge in [-0.25, -0.2) is 13.4 Å². The van der Waals surface area contributed by atoms with Crippen molar-refractivity contribution < 1.29 is 13.2 Å². The first-order valence-corrected chi connectivity index (χ1v) is 7.62. The van der Waals surface area contributed by atoms with E-state index in [1.54, 1.807) is 23.9 Å². The highest BCUT2D eigenvalue weighted by atomic mass is 32.2. The van der Waals surface area contributed by atoms with Crippen LogP contribution >= 0.6 is 0 Å². The lowest BCUT2D eigenvalue weighted by Crippen LogP contribution is -2.43. The Morgan fingerprint density at radius 1 is 1.50 bits per heavy atom. The van der Waals surface area contributed by atoms with Crippen LogP contribution in [-0.4, -0.2) is 47.8 Å². The predicted octanol–water partition coefficient (Wildman–Crippen LogP) is 0.378. The Balaban J connectivity index is 1.88. The minimum Gasteiger partial charge on any atom is -0.382 e. The van der Waals surface area contributed by atoms with Crippen LogP contribution in [0.15, 0.2) is 12.5 Å². The second-order valence-corrected chi connectivity index (χ2v) is 7.15. The van der Waals surface area contributed by atoms with Gasteiger partial charge >= 0.3 is 0 Å². The monoisotopic (exact) mass is 271 g/mol. The summed E-state index contributed by atoms with van der Waals surface area (Å²) in [6, 6.07) is 0.0229. The lowest BCUT2D eigenvalue weighted by Gasteiger charge is -2.33. The summed E-state index contributed by atoms with van der Waals surface area (Å²) >= 11 is 0. The summed E-state index contributed by atoms with van der Waals surface area (Å²) in [6.07, 6.45) is 5.08. The number of methoxy groups -OCH3 is 1. The van der Waals surface area contributed by atoms with Crippen LogP contribution < -0.4 is 0 Å². The van der Waals surface area contributed by atoms with Crippen molar-refractivity contribution in [2.24, 2.45) is 0 Å². The Hall–Kier alpha value is -0.920. The summed E-state index contributed by atoms with van der Waals surface area (Å²) in [5.41, 5.74) is 0.938. The highest BCUT2D eigenvalue weighted by Gasteiger charge is 2.42. The molecule has 2 aliphatic rings. The summed E-state index contributed by atoms with van der Waals surface area (Å²) < 4.78 is 33.3. The molecule has 0 radical (unpaired) electrons. The molecule has 6 nitrogen and oxygen atoms in total. The van der Waals surface area contributed by atoms with Gasteiger partial charge < -0.3 is 9.30 Å². The minimum atomic E-state index is -3.12. The fourth-order valence-electron chi connectivity index (χ4n) is 2.45. The van der Waals surface area contributed by atoms with Crippen molar-refractivity contribution >= 4 is 10.0 Å². The molecule has 0 saturated heterocycles. The molecular formula is C11H17N3O3S. The predicted molar refractivity (Wildman–Crippen MR) is 65.5 cm³/mol. The van der Waals surface area contributed by atoms with Gasteiger partial charge in [0.2, 0.25) is 10.0 Å². The molecule has 1 fully saturated rings. The van der Waals surface area contributed by atoms with E-state index in [0.717, 1.165) is 18.5 Å². The van der Waals surface area contributed by atoms with Crippen molar-refractivity contribution in [2.75, 3.05) is 20.3 Å². The molecule has 7 heteroatoms. The van der Waals surface area contributed by atoms with Crippen molar-refractivity contribution in [1.82, 2.24) is 13.9 Å². The average molecular weight is 271 g/mol. The van der Waals surface area contributed by atoms with Gasteiger partial charge in [0.1, 0.15) is 0 Å². The first kappa shape index (κ1) is 12.1. The first-order valence-electron chi connectivity index (χ1n) is 6.11. The molecule has 3 rings (SSSR count).